The number of aliphatic hydroxyl groups excluding tert-OH is 1. The van der Waals surface area contributed by atoms with Crippen LogP contribution in [0.2, 0.25) is 0 Å². The molecule has 0 radical (unpaired) electrons. The molecule has 4 rings (SSSR count). The summed E-state index contributed by atoms with van der Waals surface area (Å²) in [5.74, 6) is 2.01. The molecule has 1 aliphatic rings. The number of rotatable bonds is 11. The third-order valence-electron chi connectivity index (χ3n) is 6.64. The van der Waals surface area contributed by atoms with Crippen molar-refractivity contribution < 1.29 is 14.3 Å². The molecular weight excluding hydrogens is 450 g/mol. The monoisotopic (exact) mass is 485 g/mol. The van der Waals surface area contributed by atoms with Gasteiger partial charge in [-0.15, -0.1) is 12.4 Å². The Hall–Kier alpha value is -2.34. The first-order valence-electron chi connectivity index (χ1n) is 12.3. The first-order chi connectivity index (χ1) is 16.2. The van der Waals surface area contributed by atoms with E-state index in [0.29, 0.717) is 35.7 Å². The highest BCUT2D eigenvalue weighted by molar-refractivity contribution is 5.85. The number of ether oxygens (including phenoxy) is 1. The van der Waals surface area contributed by atoms with Crippen LogP contribution in [0.1, 0.15) is 44.9 Å². The SMILES string of the molecule is Cl.O=c1cc(-c2ccccc2)oc2ccc(OCCCCCCN3CCC(CCO)CC3)cc12. The minimum atomic E-state index is -0.0547. The minimum Gasteiger partial charge on any atom is -0.494 e. The lowest BCUT2D eigenvalue weighted by Gasteiger charge is -2.31. The van der Waals surface area contributed by atoms with Crippen LogP contribution in [0.15, 0.2) is 63.8 Å². The van der Waals surface area contributed by atoms with Gasteiger partial charge in [0.2, 0.25) is 0 Å². The molecule has 1 aromatic heterocycles. The van der Waals surface area contributed by atoms with Crippen molar-refractivity contribution in [1.82, 2.24) is 4.90 Å². The van der Waals surface area contributed by atoms with Gasteiger partial charge in [-0.2, -0.15) is 0 Å². The van der Waals surface area contributed by atoms with Gasteiger partial charge in [0.05, 0.1) is 12.0 Å². The molecule has 0 unspecified atom stereocenters. The maximum Gasteiger partial charge on any atom is 0.193 e. The van der Waals surface area contributed by atoms with Gasteiger partial charge in [-0.25, -0.2) is 0 Å². The molecule has 6 heteroatoms. The van der Waals surface area contributed by atoms with Gasteiger partial charge in [-0.1, -0.05) is 43.2 Å². The molecule has 2 aromatic carbocycles. The summed E-state index contributed by atoms with van der Waals surface area (Å²) < 4.78 is 11.9. The second-order valence-corrected chi connectivity index (χ2v) is 9.06. The van der Waals surface area contributed by atoms with Crippen molar-refractivity contribution in [2.75, 3.05) is 32.8 Å². The maximum absolute atomic E-state index is 12.6. The number of hydrogen-bond donors (Lipinski definition) is 1. The van der Waals surface area contributed by atoms with E-state index in [4.69, 9.17) is 14.3 Å². The molecule has 5 nitrogen and oxygen atoms in total. The van der Waals surface area contributed by atoms with Gasteiger partial charge in [0.1, 0.15) is 17.1 Å². The first-order valence-corrected chi connectivity index (χ1v) is 12.3. The topological polar surface area (TPSA) is 62.9 Å². The first kappa shape index (κ1) is 26.3. The second-order valence-electron chi connectivity index (χ2n) is 9.06. The zero-order chi connectivity index (χ0) is 22.9. The van der Waals surface area contributed by atoms with Crippen LogP contribution in [-0.4, -0.2) is 42.9 Å². The predicted octanol–water partition coefficient (Wildman–Crippen LogP) is 5.92. The molecule has 0 atom stereocenters. The van der Waals surface area contributed by atoms with E-state index in [1.165, 1.54) is 45.3 Å². The van der Waals surface area contributed by atoms with Crippen LogP contribution in [0, 0.1) is 5.92 Å². The van der Waals surface area contributed by atoms with Crippen LogP contribution in [0.25, 0.3) is 22.3 Å². The van der Waals surface area contributed by atoms with Crippen molar-refractivity contribution in [3.05, 3.63) is 64.8 Å². The van der Waals surface area contributed by atoms with Crippen LogP contribution in [0.4, 0.5) is 0 Å². The highest BCUT2D eigenvalue weighted by atomic mass is 35.5. The van der Waals surface area contributed by atoms with E-state index in [1.54, 1.807) is 12.1 Å². The van der Waals surface area contributed by atoms with Crippen LogP contribution in [-0.2, 0) is 0 Å². The van der Waals surface area contributed by atoms with Gasteiger partial charge >= 0.3 is 0 Å². The van der Waals surface area contributed by atoms with Gasteiger partial charge in [-0.3, -0.25) is 4.79 Å². The Morgan fingerprint density at radius 3 is 2.50 bits per heavy atom. The van der Waals surface area contributed by atoms with Crippen molar-refractivity contribution in [1.29, 1.82) is 0 Å². The van der Waals surface area contributed by atoms with Crippen LogP contribution >= 0.6 is 12.4 Å². The number of fused-ring (bicyclic) bond motifs is 1. The molecule has 1 aliphatic heterocycles. The van der Waals surface area contributed by atoms with E-state index >= 15 is 0 Å². The van der Waals surface area contributed by atoms with E-state index < -0.39 is 0 Å². The fourth-order valence-electron chi connectivity index (χ4n) is 4.63. The van der Waals surface area contributed by atoms with Crippen molar-refractivity contribution >= 4 is 23.4 Å². The Morgan fingerprint density at radius 1 is 0.971 bits per heavy atom. The van der Waals surface area contributed by atoms with E-state index in [0.717, 1.165) is 30.7 Å². The molecular formula is C28H36ClNO4. The molecule has 2 heterocycles. The summed E-state index contributed by atoms with van der Waals surface area (Å²) in [5.41, 5.74) is 1.41. The van der Waals surface area contributed by atoms with Crippen LogP contribution in [0.5, 0.6) is 5.75 Å². The molecule has 0 saturated carbocycles. The average Bonchev–Trinajstić information content (AvgIpc) is 2.85. The maximum atomic E-state index is 12.6. The number of nitrogens with zero attached hydrogens (tertiary/aromatic N) is 1. The second kappa shape index (κ2) is 13.5. The zero-order valence-corrected chi connectivity index (χ0v) is 20.6. The smallest absolute Gasteiger partial charge is 0.193 e. The Kier molecular flexibility index (Phi) is 10.4. The number of hydrogen-bond acceptors (Lipinski definition) is 5. The molecule has 34 heavy (non-hydrogen) atoms. The third-order valence-corrected chi connectivity index (χ3v) is 6.64. The van der Waals surface area contributed by atoms with E-state index in [2.05, 4.69) is 4.90 Å². The van der Waals surface area contributed by atoms with E-state index in [9.17, 15) is 4.79 Å². The Morgan fingerprint density at radius 2 is 1.74 bits per heavy atom. The highest BCUT2D eigenvalue weighted by Gasteiger charge is 2.18. The fourth-order valence-corrected chi connectivity index (χ4v) is 4.63. The Labute approximate surface area is 208 Å². The molecule has 0 spiro atoms. The quantitative estimate of drug-likeness (QED) is 0.342. The van der Waals surface area contributed by atoms with Crippen molar-refractivity contribution in [3.63, 3.8) is 0 Å². The lowest BCUT2D eigenvalue weighted by molar-refractivity contribution is 0.156. The lowest BCUT2D eigenvalue weighted by Crippen LogP contribution is -2.34. The molecule has 1 fully saturated rings. The predicted molar refractivity (Wildman–Crippen MR) is 140 cm³/mol. The number of unbranched alkanes of at least 4 members (excludes halogenated alkanes) is 3. The van der Waals surface area contributed by atoms with Crippen LogP contribution in [0.3, 0.4) is 0 Å². The number of piperidine rings is 1. The highest BCUT2D eigenvalue weighted by Crippen LogP contribution is 2.25. The van der Waals surface area contributed by atoms with Gasteiger partial charge in [0.15, 0.2) is 5.43 Å². The van der Waals surface area contributed by atoms with Crippen molar-refractivity contribution in [2.45, 2.75) is 44.9 Å². The van der Waals surface area contributed by atoms with E-state index in [1.807, 2.05) is 42.5 Å². The lowest BCUT2D eigenvalue weighted by atomic mass is 9.94. The molecule has 3 aromatic rings. The van der Waals surface area contributed by atoms with E-state index in [-0.39, 0.29) is 17.8 Å². The molecule has 0 bridgehead atoms. The molecule has 0 amide bonds. The number of aliphatic hydroxyl groups is 1. The molecule has 1 N–H and O–H groups in total. The largest absolute Gasteiger partial charge is 0.494 e. The van der Waals surface area contributed by atoms with Gasteiger partial charge in [0.25, 0.3) is 0 Å². The van der Waals surface area contributed by atoms with Gasteiger partial charge < -0.3 is 19.2 Å². The summed E-state index contributed by atoms with van der Waals surface area (Å²) in [4.78, 5) is 15.2. The zero-order valence-electron chi connectivity index (χ0n) is 19.8. The van der Waals surface area contributed by atoms with Crippen molar-refractivity contribution in [3.8, 4) is 17.1 Å². The van der Waals surface area contributed by atoms with Crippen LogP contribution < -0.4 is 10.2 Å². The molecule has 184 valence electrons. The summed E-state index contributed by atoms with van der Waals surface area (Å²) in [6.45, 7) is 4.52. The average molecular weight is 486 g/mol. The summed E-state index contributed by atoms with van der Waals surface area (Å²) in [5, 5.41) is 9.62. The van der Waals surface area contributed by atoms with Gasteiger partial charge in [0, 0.05) is 18.2 Å². The normalized spacial score (nSPS) is 14.7. The number of likely N-dealkylation sites (tertiary alicyclic amines) is 1. The third kappa shape index (κ3) is 7.33. The number of halogens is 1. The standard InChI is InChI=1S/C28H35NO4.ClH/c30-18-14-22-12-16-29(17-13-22)15-6-1-2-7-19-32-24-10-11-27-25(20-24)26(31)21-28(33-27)23-8-4-3-5-9-23;/h3-5,8-11,20-22,30H,1-2,6-7,12-19H2;1H. The van der Waals surface area contributed by atoms with Gasteiger partial charge in [-0.05, 0) is 75.9 Å². The number of benzene rings is 2. The molecule has 0 aliphatic carbocycles. The fraction of sp³-hybridized carbons (Fsp3) is 0.464. The van der Waals surface area contributed by atoms with Crippen molar-refractivity contribution in [2.24, 2.45) is 5.92 Å². The summed E-state index contributed by atoms with van der Waals surface area (Å²) in [7, 11) is 0. The Balaban J connectivity index is 0.00000324. The summed E-state index contributed by atoms with van der Waals surface area (Å²) in [6, 6.07) is 16.7. The minimum absolute atomic E-state index is 0. The molecule has 1 saturated heterocycles. The summed E-state index contributed by atoms with van der Waals surface area (Å²) in [6.07, 6.45) is 8.02. The Bertz CT molecular complexity index is 1060. The summed E-state index contributed by atoms with van der Waals surface area (Å²) >= 11 is 0.